The predicted octanol–water partition coefficient (Wildman–Crippen LogP) is 7.06. The van der Waals surface area contributed by atoms with Crippen LogP contribution in [-0.4, -0.2) is 22.7 Å². The van der Waals surface area contributed by atoms with E-state index in [0.717, 1.165) is 36.0 Å². The molecule has 3 rings (SSSR count). The Labute approximate surface area is 179 Å². The highest BCUT2D eigenvalue weighted by Gasteiger charge is 2.08. The molecule has 158 valence electrons. The molecule has 0 amide bonds. The molecule has 0 aliphatic heterocycles. The minimum atomic E-state index is -0.916. The summed E-state index contributed by atoms with van der Waals surface area (Å²) in [4.78, 5) is 9.05. The lowest BCUT2D eigenvalue weighted by molar-refractivity contribution is 0.184. The number of hydrogen-bond donors (Lipinski definition) is 0. The van der Waals surface area contributed by atoms with Crippen molar-refractivity contribution in [2.75, 3.05) is 6.61 Å². The monoisotopic (exact) mass is 406 g/mol. The van der Waals surface area contributed by atoms with Crippen molar-refractivity contribution in [1.82, 2.24) is 9.97 Å². The average Bonchev–Trinajstić information content (AvgIpc) is 2.81. The molecule has 0 aliphatic carbocycles. The van der Waals surface area contributed by atoms with Crippen LogP contribution in [0.3, 0.4) is 0 Å². The molecule has 0 radical (unpaired) electrons. The van der Waals surface area contributed by atoms with Crippen molar-refractivity contribution in [3.8, 4) is 28.3 Å². The zero-order valence-corrected chi connectivity index (χ0v) is 18.0. The first kappa shape index (κ1) is 21.9. The van der Waals surface area contributed by atoms with Crippen LogP contribution >= 0.6 is 0 Å². The van der Waals surface area contributed by atoms with Gasteiger partial charge in [0.15, 0.2) is 5.82 Å². The largest absolute Gasteiger partial charge is 0.491 e. The number of nitrogens with zero attached hydrogens (tertiary/aromatic N) is 2. The molecule has 0 aliphatic rings. The minimum Gasteiger partial charge on any atom is -0.491 e. The Morgan fingerprint density at radius 1 is 0.800 bits per heavy atom. The summed E-state index contributed by atoms with van der Waals surface area (Å²) in [6.07, 6.45) is 8.78. The van der Waals surface area contributed by atoms with Gasteiger partial charge in [-0.25, -0.2) is 14.4 Å². The Bertz CT molecular complexity index is 876. The van der Waals surface area contributed by atoms with Crippen molar-refractivity contribution < 1.29 is 9.13 Å². The van der Waals surface area contributed by atoms with Gasteiger partial charge in [0.05, 0.1) is 0 Å². The van der Waals surface area contributed by atoms with Gasteiger partial charge in [0, 0.05) is 23.5 Å². The van der Waals surface area contributed by atoms with E-state index >= 15 is 0 Å². The summed E-state index contributed by atoms with van der Waals surface area (Å²) in [5.74, 6) is 1.33. The lowest BCUT2D eigenvalue weighted by atomic mass is 10.0. The van der Waals surface area contributed by atoms with Gasteiger partial charge in [-0.2, -0.15) is 0 Å². The molecule has 1 heterocycles. The van der Waals surface area contributed by atoms with Crippen LogP contribution in [0.1, 0.15) is 51.5 Å². The molecule has 3 aromatic rings. The fraction of sp³-hybridized carbons (Fsp3) is 0.385. The van der Waals surface area contributed by atoms with Crippen LogP contribution in [0.2, 0.25) is 0 Å². The van der Waals surface area contributed by atoms with Crippen molar-refractivity contribution in [3.05, 3.63) is 66.5 Å². The van der Waals surface area contributed by atoms with Gasteiger partial charge in [-0.3, -0.25) is 0 Å². The zero-order chi connectivity index (χ0) is 21.2. The van der Waals surface area contributed by atoms with Crippen molar-refractivity contribution in [2.24, 2.45) is 0 Å². The van der Waals surface area contributed by atoms with Crippen LogP contribution in [0.25, 0.3) is 22.5 Å². The smallest absolute Gasteiger partial charge is 0.159 e. The summed E-state index contributed by atoms with van der Waals surface area (Å²) in [6.45, 7) is 4.37. The first-order valence-corrected chi connectivity index (χ1v) is 11.0. The van der Waals surface area contributed by atoms with E-state index in [4.69, 9.17) is 4.74 Å². The fourth-order valence-corrected chi connectivity index (χ4v) is 3.27. The minimum absolute atomic E-state index is 0.0990. The third kappa shape index (κ3) is 6.38. The van der Waals surface area contributed by atoms with Gasteiger partial charge >= 0.3 is 0 Å². The molecule has 0 fully saturated rings. The Morgan fingerprint density at radius 3 is 2.07 bits per heavy atom. The van der Waals surface area contributed by atoms with Crippen LogP contribution in [0.5, 0.6) is 5.75 Å². The highest BCUT2D eigenvalue weighted by Crippen LogP contribution is 2.23. The molecule has 0 bridgehead atoms. The van der Waals surface area contributed by atoms with Gasteiger partial charge in [-0.15, -0.1) is 0 Å². The van der Waals surface area contributed by atoms with Crippen LogP contribution in [-0.2, 0) is 6.42 Å². The molecule has 3 nitrogen and oxygen atoms in total. The summed E-state index contributed by atoms with van der Waals surface area (Å²) in [6, 6.07) is 16.1. The number of aromatic nitrogens is 2. The normalized spacial score (nSPS) is 12.0. The Kier molecular flexibility index (Phi) is 8.37. The first-order chi connectivity index (χ1) is 14.7. The van der Waals surface area contributed by atoms with Crippen LogP contribution < -0.4 is 4.74 Å². The number of aryl methyl sites for hydroxylation is 1. The number of hydrogen-bond acceptors (Lipinski definition) is 3. The number of benzene rings is 2. The highest BCUT2D eigenvalue weighted by molar-refractivity contribution is 5.64. The molecule has 2 aromatic carbocycles. The molecule has 0 spiro atoms. The molecular formula is C26H31FN2O. The maximum absolute atomic E-state index is 13.7. The number of rotatable bonds is 11. The third-order valence-corrected chi connectivity index (χ3v) is 5.17. The molecule has 0 N–H and O–H groups in total. The summed E-state index contributed by atoms with van der Waals surface area (Å²) in [5, 5.41) is 0. The number of alkyl halides is 1. The van der Waals surface area contributed by atoms with E-state index in [-0.39, 0.29) is 6.61 Å². The van der Waals surface area contributed by atoms with Gasteiger partial charge < -0.3 is 4.74 Å². The second kappa shape index (κ2) is 11.4. The molecule has 1 aromatic heterocycles. The SMILES string of the molecule is CCCCc1ccc(-c2cnc(-c3ccc(OCC(F)CCCC)cc3)nc2)cc1. The third-order valence-electron chi connectivity index (χ3n) is 5.17. The van der Waals surface area contributed by atoms with Gasteiger partial charge in [-0.1, -0.05) is 57.4 Å². The van der Waals surface area contributed by atoms with Gasteiger partial charge in [0.25, 0.3) is 0 Å². The van der Waals surface area contributed by atoms with E-state index in [1.54, 1.807) is 0 Å². The van der Waals surface area contributed by atoms with E-state index < -0.39 is 6.17 Å². The molecular weight excluding hydrogens is 375 g/mol. The van der Waals surface area contributed by atoms with Gasteiger partial charge in [0.1, 0.15) is 18.5 Å². The lowest BCUT2D eigenvalue weighted by Crippen LogP contribution is -2.12. The van der Waals surface area contributed by atoms with Crippen LogP contribution in [0.15, 0.2) is 60.9 Å². The molecule has 30 heavy (non-hydrogen) atoms. The molecule has 4 heteroatoms. The van der Waals surface area contributed by atoms with Crippen LogP contribution in [0, 0.1) is 0 Å². The molecule has 1 atom stereocenters. The number of unbranched alkanes of at least 4 members (excludes halogenated alkanes) is 2. The van der Waals surface area contributed by atoms with E-state index in [9.17, 15) is 4.39 Å². The Morgan fingerprint density at radius 2 is 1.43 bits per heavy atom. The second-order valence-corrected chi connectivity index (χ2v) is 7.67. The Balaban J connectivity index is 1.59. The predicted molar refractivity (Wildman–Crippen MR) is 121 cm³/mol. The fourth-order valence-electron chi connectivity index (χ4n) is 3.27. The summed E-state index contributed by atoms with van der Waals surface area (Å²) in [5.41, 5.74) is 4.40. The summed E-state index contributed by atoms with van der Waals surface area (Å²) < 4.78 is 19.3. The molecule has 1 unspecified atom stereocenters. The average molecular weight is 407 g/mol. The molecule has 0 saturated carbocycles. The quantitative estimate of drug-likeness (QED) is 0.342. The van der Waals surface area contributed by atoms with E-state index in [2.05, 4.69) is 48.1 Å². The standard InChI is InChI=1S/C26H31FN2O/c1-3-5-7-20-9-11-21(12-10-20)23-17-28-26(29-18-23)22-13-15-25(16-14-22)30-19-24(27)8-6-4-2/h9-18,24H,3-8,19H2,1-2H3. The lowest BCUT2D eigenvalue weighted by Gasteiger charge is -2.10. The van der Waals surface area contributed by atoms with E-state index in [1.165, 1.54) is 18.4 Å². The van der Waals surface area contributed by atoms with E-state index in [1.807, 2.05) is 36.7 Å². The summed E-state index contributed by atoms with van der Waals surface area (Å²) >= 11 is 0. The number of halogens is 1. The van der Waals surface area contributed by atoms with E-state index in [0.29, 0.717) is 18.0 Å². The zero-order valence-electron chi connectivity index (χ0n) is 18.0. The van der Waals surface area contributed by atoms with Crippen molar-refractivity contribution in [3.63, 3.8) is 0 Å². The van der Waals surface area contributed by atoms with Crippen molar-refractivity contribution in [2.45, 2.75) is 58.5 Å². The molecule has 0 saturated heterocycles. The van der Waals surface area contributed by atoms with Crippen molar-refractivity contribution >= 4 is 0 Å². The Hall–Kier alpha value is -2.75. The number of ether oxygens (including phenoxy) is 1. The van der Waals surface area contributed by atoms with Crippen LogP contribution in [0.4, 0.5) is 4.39 Å². The van der Waals surface area contributed by atoms with Crippen molar-refractivity contribution in [1.29, 1.82) is 0 Å². The second-order valence-electron chi connectivity index (χ2n) is 7.67. The van der Waals surface area contributed by atoms with Gasteiger partial charge in [0.2, 0.25) is 0 Å². The maximum atomic E-state index is 13.7. The maximum Gasteiger partial charge on any atom is 0.159 e. The highest BCUT2D eigenvalue weighted by atomic mass is 19.1. The van der Waals surface area contributed by atoms with Gasteiger partial charge in [-0.05, 0) is 54.7 Å². The first-order valence-electron chi connectivity index (χ1n) is 11.0. The topological polar surface area (TPSA) is 35.0 Å². The summed E-state index contributed by atoms with van der Waals surface area (Å²) in [7, 11) is 0.